The van der Waals surface area contributed by atoms with Crippen LogP contribution in [0.2, 0.25) is 0 Å². The Morgan fingerprint density at radius 1 is 1.03 bits per heavy atom. The molecule has 1 aliphatic heterocycles. The zero-order valence-electron chi connectivity index (χ0n) is 20.5. The summed E-state index contributed by atoms with van der Waals surface area (Å²) >= 11 is 0. The fourth-order valence-electron chi connectivity index (χ4n) is 4.46. The first-order valence-electron chi connectivity index (χ1n) is 11.9. The van der Waals surface area contributed by atoms with Crippen molar-refractivity contribution in [2.75, 3.05) is 13.3 Å². The van der Waals surface area contributed by atoms with Gasteiger partial charge in [-0.05, 0) is 31.9 Å². The Morgan fingerprint density at radius 3 is 2.14 bits per heavy atom. The van der Waals surface area contributed by atoms with Crippen LogP contribution in [0.3, 0.4) is 0 Å². The standard InChI is InChI=1S/C27H30N4O5/c1-17(2)30-15-21(23(19-10-6-4-7-11-19)20-12-8-5-9-13-20)31-24(26(30)33)25(22(32)14-29-31)35-16-36-27(34)18(3)28/h4-14,17-18,21,23H,15-16,28H2,1-3H3/t18?,21-/m1/s1. The highest BCUT2D eigenvalue weighted by atomic mass is 16.7. The van der Waals surface area contributed by atoms with Crippen LogP contribution >= 0.6 is 0 Å². The number of carbonyl (C=O) groups excluding carboxylic acids is 2. The molecule has 9 heteroatoms. The van der Waals surface area contributed by atoms with Gasteiger partial charge in [0.1, 0.15) is 6.04 Å². The Balaban J connectivity index is 1.84. The van der Waals surface area contributed by atoms with Gasteiger partial charge in [-0.25, -0.2) is 0 Å². The van der Waals surface area contributed by atoms with Crippen molar-refractivity contribution in [3.63, 3.8) is 0 Å². The maximum absolute atomic E-state index is 13.6. The monoisotopic (exact) mass is 490 g/mol. The molecule has 1 unspecified atom stereocenters. The van der Waals surface area contributed by atoms with Crippen molar-refractivity contribution < 1.29 is 19.1 Å². The molecule has 2 atom stereocenters. The van der Waals surface area contributed by atoms with Crippen molar-refractivity contribution in [2.45, 2.75) is 44.8 Å². The minimum Gasteiger partial charge on any atom is -0.451 e. The quantitative estimate of drug-likeness (QED) is 0.381. The van der Waals surface area contributed by atoms with E-state index in [4.69, 9.17) is 15.2 Å². The van der Waals surface area contributed by atoms with Gasteiger partial charge in [0.2, 0.25) is 18.0 Å². The number of aromatic nitrogens is 2. The van der Waals surface area contributed by atoms with Crippen molar-refractivity contribution in [3.05, 3.63) is 93.9 Å². The smallest absolute Gasteiger partial charge is 0.325 e. The van der Waals surface area contributed by atoms with E-state index in [0.29, 0.717) is 6.54 Å². The van der Waals surface area contributed by atoms with Gasteiger partial charge in [-0.3, -0.25) is 19.1 Å². The van der Waals surface area contributed by atoms with Crippen LogP contribution in [-0.2, 0) is 9.53 Å². The summed E-state index contributed by atoms with van der Waals surface area (Å²) in [4.78, 5) is 39.9. The fraction of sp³-hybridized carbons (Fsp3) is 0.333. The summed E-state index contributed by atoms with van der Waals surface area (Å²) in [5.74, 6) is -1.43. The number of carbonyl (C=O) groups is 2. The Hall–Kier alpha value is -3.98. The zero-order chi connectivity index (χ0) is 25.8. The Bertz CT molecular complexity index is 1230. The van der Waals surface area contributed by atoms with Crippen molar-refractivity contribution in [3.8, 4) is 5.75 Å². The van der Waals surface area contributed by atoms with E-state index in [1.807, 2.05) is 74.5 Å². The van der Waals surface area contributed by atoms with Gasteiger partial charge in [-0.15, -0.1) is 0 Å². The molecule has 0 saturated heterocycles. The number of hydrogen-bond acceptors (Lipinski definition) is 7. The highest BCUT2D eigenvalue weighted by Gasteiger charge is 2.40. The second kappa shape index (κ2) is 10.7. The largest absolute Gasteiger partial charge is 0.451 e. The van der Waals surface area contributed by atoms with Crippen LogP contribution in [0.4, 0.5) is 0 Å². The molecule has 1 amide bonds. The molecular weight excluding hydrogens is 460 g/mol. The average molecular weight is 491 g/mol. The van der Waals surface area contributed by atoms with E-state index in [2.05, 4.69) is 5.10 Å². The Morgan fingerprint density at radius 2 is 1.61 bits per heavy atom. The van der Waals surface area contributed by atoms with E-state index in [1.165, 1.54) is 6.92 Å². The third-order valence-corrected chi connectivity index (χ3v) is 6.23. The fourth-order valence-corrected chi connectivity index (χ4v) is 4.46. The molecule has 0 spiro atoms. The zero-order valence-corrected chi connectivity index (χ0v) is 20.5. The van der Waals surface area contributed by atoms with Gasteiger partial charge >= 0.3 is 5.97 Å². The first kappa shape index (κ1) is 25.1. The van der Waals surface area contributed by atoms with E-state index in [0.717, 1.165) is 17.3 Å². The van der Waals surface area contributed by atoms with Gasteiger partial charge in [0.05, 0.1) is 12.2 Å². The highest BCUT2D eigenvalue weighted by Crippen LogP contribution is 2.39. The number of benzene rings is 2. The average Bonchev–Trinajstić information content (AvgIpc) is 2.87. The molecule has 0 saturated carbocycles. The summed E-state index contributed by atoms with van der Waals surface area (Å²) in [5, 5.41) is 4.40. The lowest BCUT2D eigenvalue weighted by Gasteiger charge is -2.41. The minimum absolute atomic E-state index is 0.0289. The van der Waals surface area contributed by atoms with Crippen molar-refractivity contribution in [2.24, 2.45) is 5.73 Å². The predicted molar refractivity (Wildman–Crippen MR) is 134 cm³/mol. The topological polar surface area (TPSA) is 117 Å². The van der Waals surface area contributed by atoms with Crippen LogP contribution in [0, 0.1) is 0 Å². The summed E-state index contributed by atoms with van der Waals surface area (Å²) < 4.78 is 12.2. The second-order valence-electron chi connectivity index (χ2n) is 9.06. The molecule has 3 aromatic rings. The molecule has 0 radical (unpaired) electrons. The van der Waals surface area contributed by atoms with Gasteiger partial charge in [0.15, 0.2) is 5.69 Å². The number of fused-ring (bicyclic) bond motifs is 1. The summed E-state index contributed by atoms with van der Waals surface area (Å²) in [5.41, 5.74) is 7.07. The molecule has 9 nitrogen and oxygen atoms in total. The van der Waals surface area contributed by atoms with Crippen LogP contribution in [0.5, 0.6) is 5.75 Å². The lowest BCUT2D eigenvalue weighted by molar-refractivity contribution is -0.151. The Labute approximate surface area is 209 Å². The van der Waals surface area contributed by atoms with Gasteiger partial charge in [-0.1, -0.05) is 60.7 Å². The number of esters is 1. The van der Waals surface area contributed by atoms with E-state index in [-0.39, 0.29) is 35.4 Å². The molecule has 0 bridgehead atoms. The molecule has 1 aliphatic rings. The number of rotatable bonds is 8. The summed E-state index contributed by atoms with van der Waals surface area (Å²) in [6, 6.07) is 18.6. The van der Waals surface area contributed by atoms with Crippen molar-refractivity contribution in [1.82, 2.24) is 14.7 Å². The SMILES string of the molecule is CC(N)C(=O)OCOc1c2n(ncc1=O)[C@@H](C(c1ccccc1)c1ccccc1)CN(C(C)C)C2=O. The molecule has 2 heterocycles. The van der Waals surface area contributed by atoms with Crippen molar-refractivity contribution in [1.29, 1.82) is 0 Å². The molecule has 1 aromatic heterocycles. The van der Waals surface area contributed by atoms with Crippen LogP contribution < -0.4 is 15.9 Å². The van der Waals surface area contributed by atoms with Crippen molar-refractivity contribution >= 4 is 11.9 Å². The maximum Gasteiger partial charge on any atom is 0.325 e. The predicted octanol–water partition coefficient (Wildman–Crippen LogP) is 2.71. The van der Waals surface area contributed by atoms with Crippen LogP contribution in [0.15, 0.2) is 71.7 Å². The van der Waals surface area contributed by atoms with E-state index in [9.17, 15) is 14.4 Å². The molecule has 0 fully saturated rings. The third kappa shape index (κ3) is 5.01. The van der Waals surface area contributed by atoms with Gasteiger partial charge < -0.3 is 20.1 Å². The maximum atomic E-state index is 13.6. The van der Waals surface area contributed by atoms with Crippen LogP contribution in [0.1, 0.15) is 54.3 Å². The van der Waals surface area contributed by atoms with E-state index >= 15 is 0 Å². The number of nitrogens with two attached hydrogens (primary N) is 1. The molecular formula is C27H30N4O5. The molecule has 36 heavy (non-hydrogen) atoms. The highest BCUT2D eigenvalue weighted by molar-refractivity contribution is 5.96. The van der Waals surface area contributed by atoms with E-state index in [1.54, 1.807) is 9.58 Å². The van der Waals surface area contributed by atoms with E-state index < -0.39 is 24.2 Å². The van der Waals surface area contributed by atoms with Gasteiger partial charge in [-0.2, -0.15) is 5.10 Å². The number of ether oxygens (including phenoxy) is 2. The molecule has 0 aliphatic carbocycles. The lowest BCUT2D eigenvalue weighted by Crippen LogP contribution is -2.50. The second-order valence-corrected chi connectivity index (χ2v) is 9.06. The van der Waals surface area contributed by atoms with Gasteiger partial charge in [0, 0.05) is 18.5 Å². The number of nitrogens with zero attached hydrogens (tertiary/aromatic N) is 3. The van der Waals surface area contributed by atoms with Crippen LogP contribution in [0.25, 0.3) is 0 Å². The first-order valence-corrected chi connectivity index (χ1v) is 11.9. The number of amides is 1. The molecule has 2 N–H and O–H groups in total. The normalized spacial score (nSPS) is 16.1. The summed E-state index contributed by atoms with van der Waals surface area (Å²) in [6.07, 6.45) is 1.13. The molecule has 188 valence electrons. The Kier molecular flexibility index (Phi) is 7.49. The van der Waals surface area contributed by atoms with Crippen LogP contribution in [-0.4, -0.2) is 52.0 Å². The lowest BCUT2D eigenvalue weighted by atomic mass is 9.83. The minimum atomic E-state index is -0.846. The number of hydrogen-bond donors (Lipinski definition) is 1. The van der Waals surface area contributed by atoms with Gasteiger partial charge in [0.25, 0.3) is 5.91 Å². The third-order valence-electron chi connectivity index (χ3n) is 6.23. The summed E-state index contributed by atoms with van der Waals surface area (Å²) in [7, 11) is 0. The summed E-state index contributed by atoms with van der Waals surface area (Å²) in [6.45, 7) is 5.15. The molecule has 4 rings (SSSR count). The first-order chi connectivity index (χ1) is 17.3. The molecule has 2 aromatic carbocycles.